The maximum Gasteiger partial charge on any atom is 1.00 e. The summed E-state index contributed by atoms with van der Waals surface area (Å²) in [7, 11) is 0. The van der Waals surface area contributed by atoms with Gasteiger partial charge in [0.1, 0.15) is 0 Å². The molecule has 2 unspecified atom stereocenters. The van der Waals surface area contributed by atoms with E-state index in [2.05, 4.69) is 94.5 Å². The van der Waals surface area contributed by atoms with Crippen molar-refractivity contribution in [3.05, 3.63) is 80.1 Å². The first-order valence-electron chi connectivity index (χ1n) is 17.8. The van der Waals surface area contributed by atoms with E-state index < -0.39 is 0 Å². The van der Waals surface area contributed by atoms with Gasteiger partial charge in [-0.05, 0) is 110 Å². The predicted molar refractivity (Wildman–Crippen MR) is 214 cm³/mol. The fourth-order valence-corrected chi connectivity index (χ4v) is 5.18. The summed E-state index contributed by atoms with van der Waals surface area (Å²) in [6.07, 6.45) is 16.3. The molecule has 0 bridgehead atoms. The first-order valence-corrected chi connectivity index (χ1v) is 17.8. The van der Waals surface area contributed by atoms with Gasteiger partial charge in [0.15, 0.2) is 0 Å². The Morgan fingerprint density at radius 3 is 2.17 bits per heavy atom. The van der Waals surface area contributed by atoms with Crippen LogP contribution in [0.4, 0.5) is 0 Å². The third-order valence-electron chi connectivity index (χ3n) is 8.50. The van der Waals surface area contributed by atoms with Crippen molar-refractivity contribution in [2.75, 3.05) is 13.1 Å². The molecule has 48 heavy (non-hydrogen) atoms. The Labute approximate surface area is 343 Å². The van der Waals surface area contributed by atoms with Crippen LogP contribution in [0.2, 0.25) is 0 Å². The maximum atomic E-state index is 9.72. The molecule has 0 aromatic heterocycles. The smallest absolute Gasteiger partial charge is 0.493 e. The Kier molecular flexibility index (Phi) is 35.1. The number of nitrogens with two attached hydrogens (primary N) is 1. The van der Waals surface area contributed by atoms with E-state index in [0.717, 1.165) is 68.5 Å². The van der Waals surface area contributed by atoms with Crippen LogP contribution in [-0.4, -0.2) is 36.1 Å². The summed E-state index contributed by atoms with van der Waals surface area (Å²) in [6, 6.07) is 5.89. The van der Waals surface area contributed by atoms with E-state index in [4.69, 9.17) is 15.5 Å². The van der Waals surface area contributed by atoms with Gasteiger partial charge >= 0.3 is 51.4 Å². The summed E-state index contributed by atoms with van der Waals surface area (Å²) in [5.41, 5.74) is 12.7. The van der Waals surface area contributed by atoms with E-state index in [-0.39, 0.29) is 76.4 Å². The SMILES string of the molecule is C/C=C(\C)CC/C=C(\C)CCC(C)=NCC(C)(C)CCCC(C)(C)CCN.C=C.[CH2-]c1ccc(OC(C)CC(O)CCC)c(C)c1.[CH3-].[K+]. The predicted octanol–water partition coefficient (Wildman–Crippen LogP) is 9.24. The number of aryl methyl sites for hydroxylation is 1. The van der Waals surface area contributed by atoms with E-state index in [1.165, 1.54) is 42.5 Å². The average molecular weight is 694 g/mol. The van der Waals surface area contributed by atoms with E-state index in [0.29, 0.717) is 11.8 Å². The molecule has 0 aliphatic rings. The second-order valence-corrected chi connectivity index (χ2v) is 14.7. The largest absolute Gasteiger partial charge is 1.00 e. The van der Waals surface area contributed by atoms with Gasteiger partial charge in [-0.25, -0.2) is 0 Å². The summed E-state index contributed by atoms with van der Waals surface area (Å²) < 4.78 is 5.83. The van der Waals surface area contributed by atoms with Gasteiger partial charge in [0.2, 0.25) is 0 Å². The van der Waals surface area contributed by atoms with Gasteiger partial charge in [-0.1, -0.05) is 82.4 Å². The van der Waals surface area contributed by atoms with Crippen LogP contribution in [0.5, 0.6) is 5.75 Å². The molecule has 2 atom stereocenters. The molecule has 1 aromatic rings. The fourth-order valence-electron chi connectivity index (χ4n) is 5.18. The number of allylic oxidation sites excluding steroid dienone is 4. The summed E-state index contributed by atoms with van der Waals surface area (Å²) >= 11 is 0. The Bertz CT molecular complexity index is 1030. The standard InChI is InChI=1S/C25H48N2.C15H23O2.C2H4.CH3.K/c1-9-21(2)12-10-13-22(3)14-15-23(4)27-20-25(7,8)17-11-16-24(5,6)18-19-26;1-5-6-14(16)10-13(4)17-15-8-7-11(2)9-12(15)3;1-2;;/h9,13H,10-12,14-20,26H2,1-8H3;7-9,13-14,16H,2,5-6,10H2,1,3-4H3;1-2H2;1H3;/q;-1;;-1;+1/b21-9+,22-13+,27-23?;;;;. The molecule has 0 saturated carbocycles. The number of benzene rings is 1. The molecule has 0 aliphatic carbocycles. The maximum absolute atomic E-state index is 9.72. The zero-order chi connectivity index (χ0) is 35.8. The van der Waals surface area contributed by atoms with Crippen molar-refractivity contribution >= 4 is 5.71 Å². The second-order valence-electron chi connectivity index (χ2n) is 14.7. The molecule has 1 rings (SSSR count). The third-order valence-corrected chi connectivity index (χ3v) is 8.50. The van der Waals surface area contributed by atoms with Gasteiger partial charge < -0.3 is 23.0 Å². The van der Waals surface area contributed by atoms with E-state index in [1.54, 1.807) is 0 Å². The van der Waals surface area contributed by atoms with Crippen molar-refractivity contribution < 1.29 is 61.2 Å². The summed E-state index contributed by atoms with van der Waals surface area (Å²) in [5.74, 6) is 0.883. The molecule has 0 radical (unpaired) electrons. The number of nitrogens with zero attached hydrogens (tertiary/aromatic N) is 1. The van der Waals surface area contributed by atoms with Gasteiger partial charge in [0.05, 0.1) is 18.0 Å². The van der Waals surface area contributed by atoms with Crippen molar-refractivity contribution in [1.82, 2.24) is 0 Å². The zero-order valence-electron chi connectivity index (χ0n) is 34.2. The van der Waals surface area contributed by atoms with Gasteiger partial charge in [0.25, 0.3) is 0 Å². The number of ether oxygens (including phenoxy) is 1. The Morgan fingerprint density at radius 1 is 1.02 bits per heavy atom. The van der Waals surface area contributed by atoms with Crippen molar-refractivity contribution in [3.8, 4) is 5.75 Å². The van der Waals surface area contributed by atoms with Gasteiger partial charge in [-0.3, -0.25) is 4.99 Å². The van der Waals surface area contributed by atoms with E-state index in [9.17, 15) is 5.11 Å². The average Bonchev–Trinajstić information content (AvgIpc) is 2.97. The van der Waals surface area contributed by atoms with Crippen LogP contribution in [0.1, 0.15) is 151 Å². The zero-order valence-corrected chi connectivity index (χ0v) is 37.4. The number of hydrogen-bond donors (Lipinski definition) is 2. The summed E-state index contributed by atoms with van der Waals surface area (Å²) in [6.45, 7) is 35.9. The molecule has 0 spiro atoms. The van der Waals surface area contributed by atoms with Crippen molar-refractivity contribution in [2.24, 2.45) is 21.6 Å². The second kappa shape index (κ2) is 31.1. The van der Waals surface area contributed by atoms with Crippen LogP contribution in [-0.2, 0) is 0 Å². The molecule has 0 aliphatic heterocycles. The minimum Gasteiger partial charge on any atom is -0.493 e. The van der Waals surface area contributed by atoms with Crippen molar-refractivity contribution in [3.63, 3.8) is 0 Å². The molecule has 5 heteroatoms. The normalized spacial score (nSPS) is 13.5. The summed E-state index contributed by atoms with van der Waals surface area (Å²) in [5, 5.41) is 9.72. The first kappa shape index (κ1) is 54.1. The Hall–Kier alpha value is -0.664. The van der Waals surface area contributed by atoms with Gasteiger partial charge in [0, 0.05) is 18.7 Å². The molecule has 0 saturated heterocycles. The molecule has 3 N–H and O–H groups in total. The Balaban J connectivity index is -0.000000398. The number of aliphatic hydroxyl groups is 1. The minimum atomic E-state index is -0.262. The molecule has 0 heterocycles. The van der Waals surface area contributed by atoms with Crippen LogP contribution in [0, 0.1) is 32.1 Å². The Morgan fingerprint density at radius 2 is 1.62 bits per heavy atom. The van der Waals surface area contributed by atoms with E-state index >= 15 is 0 Å². The number of aliphatic hydroxyl groups excluding tert-OH is 1. The molecule has 1 aromatic carbocycles. The molecule has 274 valence electrons. The number of rotatable bonds is 20. The monoisotopic (exact) mass is 694 g/mol. The quantitative estimate of drug-likeness (QED) is 0.0619. The first-order chi connectivity index (χ1) is 21.5. The van der Waals surface area contributed by atoms with Crippen LogP contribution in [0.15, 0.2) is 59.6 Å². The third kappa shape index (κ3) is 30.2. The van der Waals surface area contributed by atoms with Gasteiger partial charge in [-0.15, -0.1) is 13.2 Å². The van der Waals surface area contributed by atoms with Crippen LogP contribution < -0.4 is 61.9 Å². The van der Waals surface area contributed by atoms with Crippen LogP contribution in [0.25, 0.3) is 0 Å². The molecule has 4 nitrogen and oxygen atoms in total. The number of hydrogen-bond acceptors (Lipinski definition) is 4. The molecular weight excluding hydrogens is 616 g/mol. The van der Waals surface area contributed by atoms with Crippen LogP contribution in [0.3, 0.4) is 0 Å². The van der Waals surface area contributed by atoms with Crippen molar-refractivity contribution in [1.29, 1.82) is 0 Å². The molecule has 0 amide bonds. The molecule has 0 fully saturated rings. The fraction of sp³-hybridized carbons (Fsp3) is 0.651. The van der Waals surface area contributed by atoms with E-state index in [1.807, 2.05) is 32.0 Å². The minimum absolute atomic E-state index is 0. The summed E-state index contributed by atoms with van der Waals surface area (Å²) in [4.78, 5) is 4.90. The van der Waals surface area contributed by atoms with Crippen molar-refractivity contribution in [2.45, 2.75) is 159 Å². The van der Waals surface area contributed by atoms with Gasteiger partial charge in [-0.2, -0.15) is 24.6 Å². The molecular formula is C43H78KN2O2-. The van der Waals surface area contributed by atoms with Crippen LogP contribution >= 0.6 is 0 Å². The number of aliphatic imine (C=N–C) groups is 1. The topological polar surface area (TPSA) is 67.8 Å².